The number of ether oxygens (including phenoxy) is 3. The van der Waals surface area contributed by atoms with Crippen LogP contribution in [0.25, 0.3) is 0 Å². The highest BCUT2D eigenvalue weighted by Gasteiger charge is 2.21. The van der Waals surface area contributed by atoms with E-state index < -0.39 is 11.9 Å². The minimum Gasteiger partial charge on any atom is -0.497 e. The lowest BCUT2D eigenvalue weighted by Gasteiger charge is -2.11. The number of nitrogens with zero attached hydrogens (tertiary/aromatic N) is 2. The van der Waals surface area contributed by atoms with Crippen LogP contribution in [-0.2, 0) is 4.79 Å². The van der Waals surface area contributed by atoms with Crippen LogP contribution in [0.4, 0.5) is 0 Å². The molecule has 0 fully saturated rings. The minimum atomic E-state index is -0.848. The number of carbonyl (C=O) groups excluding carboxylic acids is 1. The summed E-state index contributed by atoms with van der Waals surface area (Å²) in [6, 6.07) is 11.7. The average molecular weight is 458 g/mol. The smallest absolute Gasteiger partial charge is 0.343 e. The predicted octanol–water partition coefficient (Wildman–Crippen LogP) is 3.18. The number of carbonyl (C=O) groups is 2. The van der Waals surface area contributed by atoms with E-state index in [1.165, 1.54) is 11.8 Å². The molecule has 0 aromatic heterocycles. The SMILES string of the molecule is CCOc1cc(/C=N/NC2=NCC(CC(=O)O)S2)ccc1OC(=O)c1ccc(OC)cc1. The number of aliphatic imine (C=N–C) groups is 1. The van der Waals surface area contributed by atoms with Crippen molar-refractivity contribution in [1.82, 2.24) is 5.43 Å². The number of nitrogens with one attached hydrogen (secondary N) is 1. The normalized spacial score (nSPS) is 15.3. The minimum absolute atomic E-state index is 0.0531. The van der Waals surface area contributed by atoms with Gasteiger partial charge in [0.2, 0.25) is 0 Å². The Balaban J connectivity index is 1.63. The molecule has 0 bridgehead atoms. The van der Waals surface area contributed by atoms with Crippen LogP contribution in [0, 0.1) is 0 Å². The first-order valence-electron chi connectivity index (χ1n) is 9.83. The van der Waals surface area contributed by atoms with Crippen molar-refractivity contribution in [2.75, 3.05) is 20.3 Å². The highest BCUT2D eigenvalue weighted by Crippen LogP contribution is 2.29. The fourth-order valence-electron chi connectivity index (χ4n) is 2.79. The number of rotatable bonds is 9. The quantitative estimate of drug-likeness (QED) is 0.255. The Hall–Kier alpha value is -3.53. The first-order valence-corrected chi connectivity index (χ1v) is 10.7. The number of methoxy groups -OCH3 is 1. The Kier molecular flexibility index (Phi) is 8.09. The topological polar surface area (TPSA) is 119 Å². The molecule has 2 aromatic carbocycles. The zero-order chi connectivity index (χ0) is 22.9. The molecule has 168 valence electrons. The number of hydrazone groups is 1. The number of carboxylic acids is 1. The number of hydrogen-bond donors (Lipinski definition) is 2. The van der Waals surface area contributed by atoms with E-state index in [-0.39, 0.29) is 11.7 Å². The second-order valence-electron chi connectivity index (χ2n) is 6.61. The van der Waals surface area contributed by atoms with Crippen LogP contribution in [0.3, 0.4) is 0 Å². The van der Waals surface area contributed by atoms with Crippen molar-refractivity contribution in [3.63, 3.8) is 0 Å². The average Bonchev–Trinajstić information content (AvgIpc) is 3.22. The third kappa shape index (κ3) is 6.48. The van der Waals surface area contributed by atoms with Gasteiger partial charge in [-0.25, -0.2) is 4.79 Å². The number of amidine groups is 1. The summed E-state index contributed by atoms with van der Waals surface area (Å²) in [7, 11) is 1.55. The molecule has 1 unspecified atom stereocenters. The molecule has 1 aliphatic rings. The molecule has 9 nitrogen and oxygen atoms in total. The van der Waals surface area contributed by atoms with Crippen molar-refractivity contribution in [3.05, 3.63) is 53.6 Å². The summed E-state index contributed by atoms with van der Waals surface area (Å²) in [5.41, 5.74) is 3.92. The zero-order valence-corrected chi connectivity index (χ0v) is 18.4. The van der Waals surface area contributed by atoms with Crippen molar-refractivity contribution in [1.29, 1.82) is 0 Å². The molecule has 32 heavy (non-hydrogen) atoms. The molecule has 1 aliphatic heterocycles. The molecule has 2 aromatic rings. The Morgan fingerprint density at radius 3 is 2.72 bits per heavy atom. The highest BCUT2D eigenvalue weighted by molar-refractivity contribution is 8.14. The Morgan fingerprint density at radius 1 is 1.25 bits per heavy atom. The van der Waals surface area contributed by atoms with E-state index >= 15 is 0 Å². The van der Waals surface area contributed by atoms with Crippen molar-refractivity contribution in [2.24, 2.45) is 10.1 Å². The molecule has 10 heteroatoms. The van der Waals surface area contributed by atoms with Gasteiger partial charge >= 0.3 is 11.9 Å². The molecule has 0 saturated carbocycles. The van der Waals surface area contributed by atoms with E-state index in [0.29, 0.717) is 41.1 Å². The van der Waals surface area contributed by atoms with Crippen LogP contribution < -0.4 is 19.6 Å². The van der Waals surface area contributed by atoms with Gasteiger partial charge in [0, 0.05) is 5.25 Å². The van der Waals surface area contributed by atoms with Crippen LogP contribution in [0.15, 0.2) is 52.6 Å². The van der Waals surface area contributed by atoms with Crippen LogP contribution >= 0.6 is 11.8 Å². The van der Waals surface area contributed by atoms with Gasteiger partial charge < -0.3 is 19.3 Å². The van der Waals surface area contributed by atoms with Crippen LogP contribution in [-0.4, -0.2) is 53.9 Å². The van der Waals surface area contributed by atoms with Gasteiger partial charge in [0.25, 0.3) is 0 Å². The van der Waals surface area contributed by atoms with Gasteiger partial charge in [-0.3, -0.25) is 15.2 Å². The Morgan fingerprint density at radius 2 is 2.03 bits per heavy atom. The first-order chi connectivity index (χ1) is 15.5. The number of aliphatic carboxylic acids is 1. The molecule has 0 aliphatic carbocycles. The van der Waals surface area contributed by atoms with E-state index in [4.69, 9.17) is 19.3 Å². The molecule has 1 atom stereocenters. The maximum absolute atomic E-state index is 12.5. The van der Waals surface area contributed by atoms with E-state index in [9.17, 15) is 9.59 Å². The van der Waals surface area contributed by atoms with E-state index in [1.54, 1.807) is 55.8 Å². The number of carboxylic acid groups (broad SMARTS) is 1. The highest BCUT2D eigenvalue weighted by atomic mass is 32.2. The molecule has 0 radical (unpaired) electrons. The molecule has 0 spiro atoms. The summed E-state index contributed by atoms with van der Waals surface area (Å²) in [5.74, 6) is -0.00633. The summed E-state index contributed by atoms with van der Waals surface area (Å²) in [5, 5.41) is 13.5. The van der Waals surface area contributed by atoms with Gasteiger partial charge in [0.05, 0.1) is 38.5 Å². The Labute approximate surface area is 189 Å². The summed E-state index contributed by atoms with van der Waals surface area (Å²) < 4.78 is 16.2. The second kappa shape index (κ2) is 11.2. The summed E-state index contributed by atoms with van der Waals surface area (Å²) >= 11 is 1.35. The largest absolute Gasteiger partial charge is 0.497 e. The van der Waals surface area contributed by atoms with E-state index in [2.05, 4.69) is 15.5 Å². The van der Waals surface area contributed by atoms with Gasteiger partial charge in [-0.15, -0.1) is 0 Å². The van der Waals surface area contributed by atoms with Crippen molar-refractivity contribution in [3.8, 4) is 17.2 Å². The molecular weight excluding hydrogens is 434 g/mol. The lowest BCUT2D eigenvalue weighted by molar-refractivity contribution is -0.136. The van der Waals surface area contributed by atoms with Gasteiger partial charge in [0.1, 0.15) is 5.75 Å². The standard InChI is InChI=1S/C22H23N3O6S/c1-3-30-19-10-14(12-24-25-22-23-13-17(32-22)11-20(26)27)4-9-18(19)31-21(28)15-5-7-16(29-2)8-6-15/h4-10,12,17H,3,11,13H2,1-2H3,(H,23,25)(H,26,27)/b24-12+. The second-order valence-corrected chi connectivity index (χ2v) is 7.90. The van der Waals surface area contributed by atoms with Crippen molar-refractivity contribution in [2.45, 2.75) is 18.6 Å². The van der Waals surface area contributed by atoms with Crippen LogP contribution in [0.2, 0.25) is 0 Å². The number of esters is 1. The van der Waals surface area contributed by atoms with Gasteiger partial charge in [-0.1, -0.05) is 11.8 Å². The number of benzene rings is 2. The van der Waals surface area contributed by atoms with Gasteiger partial charge in [0.15, 0.2) is 16.7 Å². The van der Waals surface area contributed by atoms with Crippen LogP contribution in [0.1, 0.15) is 29.3 Å². The summed E-state index contributed by atoms with van der Waals surface area (Å²) in [4.78, 5) is 27.5. The summed E-state index contributed by atoms with van der Waals surface area (Å²) in [6.45, 7) is 2.67. The van der Waals surface area contributed by atoms with Gasteiger partial charge in [-0.2, -0.15) is 5.10 Å². The fraction of sp³-hybridized carbons (Fsp3) is 0.273. The summed E-state index contributed by atoms with van der Waals surface area (Å²) in [6.07, 6.45) is 1.63. The zero-order valence-electron chi connectivity index (χ0n) is 17.6. The molecule has 3 rings (SSSR count). The van der Waals surface area contributed by atoms with Gasteiger partial charge in [-0.05, 0) is 55.0 Å². The molecule has 1 heterocycles. The predicted molar refractivity (Wildman–Crippen MR) is 122 cm³/mol. The Bertz CT molecular complexity index is 1020. The third-order valence-corrected chi connectivity index (χ3v) is 5.38. The number of thioether (sulfide) groups is 1. The molecule has 0 amide bonds. The van der Waals surface area contributed by atoms with Crippen molar-refractivity contribution >= 4 is 35.1 Å². The lowest BCUT2D eigenvalue weighted by Crippen LogP contribution is -2.14. The van der Waals surface area contributed by atoms with E-state index in [1.807, 2.05) is 6.92 Å². The molecular formula is C22H23N3O6S. The lowest BCUT2D eigenvalue weighted by atomic mass is 10.2. The fourth-order valence-corrected chi connectivity index (χ4v) is 3.73. The van der Waals surface area contributed by atoms with Crippen molar-refractivity contribution < 1.29 is 28.9 Å². The van der Waals surface area contributed by atoms with Crippen LogP contribution in [0.5, 0.6) is 17.2 Å². The first kappa shape index (κ1) is 23.1. The maximum atomic E-state index is 12.5. The molecule has 0 saturated heterocycles. The monoisotopic (exact) mass is 457 g/mol. The third-order valence-electron chi connectivity index (χ3n) is 4.29. The molecule has 2 N–H and O–H groups in total. The van der Waals surface area contributed by atoms with E-state index in [0.717, 1.165) is 5.56 Å². The number of hydrogen-bond acceptors (Lipinski definition) is 9. The maximum Gasteiger partial charge on any atom is 0.343 e.